The molecule has 10 heteroatoms. The highest BCUT2D eigenvalue weighted by Crippen LogP contribution is 2.31. The molecule has 0 bridgehead atoms. The van der Waals surface area contributed by atoms with Crippen LogP contribution in [-0.2, 0) is 13.6 Å². The van der Waals surface area contributed by atoms with Gasteiger partial charge in [-0.3, -0.25) is 19.4 Å². The topological polar surface area (TPSA) is 96.1 Å². The Kier molecular flexibility index (Phi) is 5.48. The van der Waals surface area contributed by atoms with Gasteiger partial charge in [-0.2, -0.15) is 5.10 Å². The number of rotatable bonds is 6. The molecule has 5 rings (SSSR count). The Morgan fingerprint density at radius 1 is 1.03 bits per heavy atom. The Morgan fingerprint density at radius 2 is 1.83 bits per heavy atom. The lowest BCUT2D eigenvalue weighted by molar-refractivity contribution is 0.411. The number of H-pyrrole nitrogens is 1. The number of halogens is 1. The van der Waals surface area contributed by atoms with E-state index in [1.807, 2.05) is 0 Å². The van der Waals surface area contributed by atoms with Crippen LogP contribution in [0.3, 0.4) is 0 Å². The quantitative estimate of drug-likeness (QED) is 0.407. The molecule has 3 heterocycles. The van der Waals surface area contributed by atoms with E-state index in [2.05, 4.69) is 10.2 Å². The molecule has 0 aliphatic carbocycles. The zero-order chi connectivity index (χ0) is 24.7. The van der Waals surface area contributed by atoms with Crippen LogP contribution in [0, 0.1) is 5.82 Å². The second-order valence-corrected chi connectivity index (χ2v) is 7.96. The largest absolute Gasteiger partial charge is 0.497 e. The van der Waals surface area contributed by atoms with E-state index in [-0.39, 0.29) is 28.7 Å². The van der Waals surface area contributed by atoms with Crippen molar-refractivity contribution in [1.82, 2.24) is 24.1 Å². The predicted octanol–water partition coefficient (Wildman–Crippen LogP) is 3.09. The van der Waals surface area contributed by atoms with Crippen LogP contribution in [0.5, 0.6) is 11.5 Å². The van der Waals surface area contributed by atoms with Gasteiger partial charge >= 0.3 is 0 Å². The number of aromatic nitrogens is 5. The zero-order valence-electron chi connectivity index (χ0n) is 19.3. The Labute approximate surface area is 198 Å². The number of nitrogens with zero attached hydrogens (tertiary/aromatic N) is 4. The Balaban J connectivity index is 1.88. The summed E-state index contributed by atoms with van der Waals surface area (Å²) in [6, 6.07) is 14.2. The van der Waals surface area contributed by atoms with Gasteiger partial charge in [0, 0.05) is 24.9 Å². The van der Waals surface area contributed by atoms with Crippen LogP contribution in [0.4, 0.5) is 4.39 Å². The standard InChI is InChI=1S/C25H22FN5O4/c1-29-11-10-15(27-29)14-30-22(32)13-19-23(24(30)17-12-16(34-2)8-9-18(17)26)25(33)31(28-19)20-6-4-5-7-21(20)35-3/h4-13,28H,14H2,1-3H3. The number of hydrogen-bond acceptors (Lipinski definition) is 5. The zero-order valence-corrected chi connectivity index (χ0v) is 19.3. The second kappa shape index (κ2) is 8.64. The van der Waals surface area contributed by atoms with Gasteiger partial charge in [0.1, 0.15) is 23.0 Å². The molecule has 0 amide bonds. The predicted molar refractivity (Wildman–Crippen MR) is 129 cm³/mol. The maximum Gasteiger partial charge on any atom is 0.281 e. The molecule has 1 N–H and O–H groups in total. The van der Waals surface area contributed by atoms with Crippen molar-refractivity contribution >= 4 is 10.9 Å². The molecule has 0 aliphatic heterocycles. The number of ether oxygens (including phenoxy) is 2. The lowest BCUT2D eigenvalue weighted by atomic mass is 10.1. The van der Waals surface area contributed by atoms with Gasteiger partial charge in [0.2, 0.25) is 0 Å². The summed E-state index contributed by atoms with van der Waals surface area (Å²) in [7, 11) is 4.72. The van der Waals surface area contributed by atoms with Gasteiger partial charge in [0.15, 0.2) is 0 Å². The van der Waals surface area contributed by atoms with Crippen molar-refractivity contribution in [3.63, 3.8) is 0 Å². The third-order valence-corrected chi connectivity index (χ3v) is 5.80. The summed E-state index contributed by atoms with van der Waals surface area (Å²) in [5, 5.41) is 7.48. The first-order valence-electron chi connectivity index (χ1n) is 10.8. The van der Waals surface area contributed by atoms with E-state index in [4.69, 9.17) is 9.47 Å². The van der Waals surface area contributed by atoms with Crippen molar-refractivity contribution in [2.45, 2.75) is 6.54 Å². The van der Waals surface area contributed by atoms with E-state index in [0.717, 1.165) is 0 Å². The summed E-state index contributed by atoms with van der Waals surface area (Å²) in [5.41, 5.74) is 0.609. The molecule has 3 aromatic heterocycles. The van der Waals surface area contributed by atoms with Crippen LogP contribution in [0.1, 0.15) is 5.69 Å². The molecule has 0 saturated carbocycles. The van der Waals surface area contributed by atoms with E-state index in [1.54, 1.807) is 48.3 Å². The fraction of sp³-hybridized carbons (Fsp3) is 0.160. The highest BCUT2D eigenvalue weighted by atomic mass is 19.1. The fourth-order valence-electron chi connectivity index (χ4n) is 4.18. The van der Waals surface area contributed by atoms with E-state index >= 15 is 4.39 Å². The van der Waals surface area contributed by atoms with Gasteiger partial charge < -0.3 is 14.0 Å². The Morgan fingerprint density at radius 3 is 2.54 bits per heavy atom. The molecule has 0 spiro atoms. The fourth-order valence-corrected chi connectivity index (χ4v) is 4.18. The van der Waals surface area contributed by atoms with E-state index in [0.29, 0.717) is 22.9 Å². The number of aromatic amines is 1. The number of fused-ring (bicyclic) bond motifs is 1. The average molecular weight is 475 g/mol. The van der Waals surface area contributed by atoms with Gasteiger partial charge in [-0.25, -0.2) is 9.07 Å². The van der Waals surface area contributed by atoms with Crippen molar-refractivity contribution < 1.29 is 13.9 Å². The molecular formula is C25H22FN5O4. The molecule has 0 saturated heterocycles. The first-order valence-corrected chi connectivity index (χ1v) is 10.8. The number of methoxy groups -OCH3 is 2. The number of para-hydroxylation sites is 2. The summed E-state index contributed by atoms with van der Waals surface area (Å²) in [4.78, 5) is 27.1. The second-order valence-electron chi connectivity index (χ2n) is 7.96. The molecule has 0 fully saturated rings. The minimum Gasteiger partial charge on any atom is -0.497 e. The van der Waals surface area contributed by atoms with E-state index in [9.17, 15) is 9.59 Å². The van der Waals surface area contributed by atoms with Crippen LogP contribution in [0.25, 0.3) is 27.8 Å². The third kappa shape index (κ3) is 3.78. The first-order chi connectivity index (χ1) is 16.9. The molecule has 5 aromatic rings. The van der Waals surface area contributed by atoms with Crippen molar-refractivity contribution in [2.75, 3.05) is 14.2 Å². The minimum absolute atomic E-state index is 0.0425. The van der Waals surface area contributed by atoms with E-state index < -0.39 is 16.9 Å². The molecule has 9 nitrogen and oxygen atoms in total. The average Bonchev–Trinajstić information content (AvgIpc) is 3.42. The Hall–Kier alpha value is -4.60. The van der Waals surface area contributed by atoms with Crippen molar-refractivity contribution in [2.24, 2.45) is 7.05 Å². The van der Waals surface area contributed by atoms with Crippen molar-refractivity contribution in [1.29, 1.82) is 0 Å². The van der Waals surface area contributed by atoms with E-state index in [1.165, 1.54) is 47.7 Å². The maximum absolute atomic E-state index is 15.2. The molecule has 0 atom stereocenters. The number of benzene rings is 2. The van der Waals surface area contributed by atoms with Gasteiger partial charge in [0.05, 0.1) is 43.1 Å². The molecule has 0 aliphatic rings. The summed E-state index contributed by atoms with van der Waals surface area (Å²) >= 11 is 0. The number of nitrogens with one attached hydrogen (secondary N) is 1. The monoisotopic (exact) mass is 475 g/mol. The van der Waals surface area contributed by atoms with Crippen LogP contribution >= 0.6 is 0 Å². The lowest BCUT2D eigenvalue weighted by Gasteiger charge is -2.14. The van der Waals surface area contributed by atoms with Gasteiger partial charge in [-0.05, 0) is 36.4 Å². The highest BCUT2D eigenvalue weighted by molar-refractivity contribution is 5.93. The number of hydrogen-bond donors (Lipinski definition) is 1. The van der Waals surface area contributed by atoms with Gasteiger partial charge in [-0.1, -0.05) is 12.1 Å². The molecule has 0 radical (unpaired) electrons. The van der Waals surface area contributed by atoms with Crippen LogP contribution in [0.2, 0.25) is 0 Å². The van der Waals surface area contributed by atoms with Crippen LogP contribution in [0.15, 0.2) is 70.4 Å². The van der Waals surface area contributed by atoms with Gasteiger partial charge in [-0.15, -0.1) is 0 Å². The summed E-state index contributed by atoms with van der Waals surface area (Å²) in [6.45, 7) is 0.0425. The molecule has 2 aromatic carbocycles. The molecular weight excluding hydrogens is 453 g/mol. The minimum atomic E-state index is -0.600. The molecule has 178 valence electrons. The summed E-state index contributed by atoms with van der Waals surface area (Å²) in [5.74, 6) is 0.242. The molecule has 35 heavy (non-hydrogen) atoms. The van der Waals surface area contributed by atoms with Gasteiger partial charge in [0.25, 0.3) is 11.1 Å². The van der Waals surface area contributed by atoms with Crippen molar-refractivity contribution in [3.05, 3.63) is 93.0 Å². The first kappa shape index (κ1) is 22.2. The number of pyridine rings is 1. The van der Waals surface area contributed by atoms with Crippen LogP contribution in [-0.4, -0.2) is 38.3 Å². The maximum atomic E-state index is 15.2. The molecule has 0 unspecified atom stereocenters. The third-order valence-electron chi connectivity index (χ3n) is 5.80. The Bertz CT molecular complexity index is 1680. The number of aryl methyl sites for hydroxylation is 1. The van der Waals surface area contributed by atoms with Crippen molar-refractivity contribution in [3.8, 4) is 28.4 Å². The normalized spacial score (nSPS) is 11.2. The lowest BCUT2D eigenvalue weighted by Crippen LogP contribution is -2.24. The summed E-state index contributed by atoms with van der Waals surface area (Å²) < 4.78 is 30.2. The highest BCUT2D eigenvalue weighted by Gasteiger charge is 2.23. The van der Waals surface area contributed by atoms with Crippen LogP contribution < -0.4 is 20.6 Å². The smallest absolute Gasteiger partial charge is 0.281 e. The summed E-state index contributed by atoms with van der Waals surface area (Å²) in [6.07, 6.45) is 1.75. The SMILES string of the molecule is COc1ccc(F)c(-c2c3c(=O)n(-c4ccccc4OC)[nH]c3cc(=O)n2Cc2ccn(C)n2)c1.